The van der Waals surface area contributed by atoms with Crippen molar-refractivity contribution in [3.05, 3.63) is 46.4 Å². The molecule has 3 nitrogen and oxygen atoms in total. The van der Waals surface area contributed by atoms with Crippen LogP contribution in [0.5, 0.6) is 11.5 Å². The number of nitrogen functional groups attached to an aromatic ring is 2. The zero-order valence-electron chi connectivity index (χ0n) is 8.78. The zero-order valence-corrected chi connectivity index (χ0v) is 10.3. The minimum absolute atomic E-state index is 0.439. The highest BCUT2D eigenvalue weighted by atomic mass is 35.5. The smallest absolute Gasteiger partial charge is 0.146 e. The first-order chi connectivity index (χ1) is 8.06. The van der Waals surface area contributed by atoms with Crippen LogP contribution in [0.3, 0.4) is 0 Å². The van der Waals surface area contributed by atoms with Gasteiger partial charge in [0.05, 0.1) is 15.7 Å². The molecule has 0 spiro atoms. The average Bonchev–Trinajstić information content (AvgIpc) is 2.27. The van der Waals surface area contributed by atoms with Gasteiger partial charge in [0.1, 0.15) is 11.5 Å². The van der Waals surface area contributed by atoms with Crippen molar-refractivity contribution in [1.29, 1.82) is 0 Å². The molecule has 0 heterocycles. The lowest BCUT2D eigenvalue weighted by Crippen LogP contribution is -1.90. The summed E-state index contributed by atoms with van der Waals surface area (Å²) in [5.74, 6) is 1.08. The first-order valence-electron chi connectivity index (χ1n) is 4.84. The number of nitrogens with two attached hydrogens (primary N) is 2. The summed E-state index contributed by atoms with van der Waals surface area (Å²) in [6.45, 7) is 0. The largest absolute Gasteiger partial charge is 0.456 e. The molecule has 17 heavy (non-hydrogen) atoms. The Morgan fingerprint density at radius 3 is 2.29 bits per heavy atom. The van der Waals surface area contributed by atoms with Crippen LogP contribution in [-0.2, 0) is 0 Å². The Hall–Kier alpha value is -1.58. The monoisotopic (exact) mass is 268 g/mol. The molecule has 0 aromatic heterocycles. The molecule has 0 aliphatic heterocycles. The summed E-state index contributed by atoms with van der Waals surface area (Å²) in [6, 6.07) is 10.0. The molecule has 0 radical (unpaired) electrons. The Labute approximate surface area is 109 Å². The second-order valence-corrected chi connectivity index (χ2v) is 4.29. The fourth-order valence-corrected chi connectivity index (χ4v) is 1.70. The number of halogens is 2. The summed E-state index contributed by atoms with van der Waals surface area (Å²) in [7, 11) is 0. The van der Waals surface area contributed by atoms with Gasteiger partial charge in [-0.15, -0.1) is 0 Å². The van der Waals surface area contributed by atoms with E-state index in [-0.39, 0.29) is 0 Å². The maximum Gasteiger partial charge on any atom is 0.146 e. The standard InChI is InChI=1S/C12H10Cl2N2O/c13-9-6-8(2-3-11(9)16)17-12-4-1-7(15)5-10(12)14/h1-6H,15-16H2. The van der Waals surface area contributed by atoms with E-state index in [0.717, 1.165) is 0 Å². The van der Waals surface area contributed by atoms with Gasteiger partial charge in [0.2, 0.25) is 0 Å². The molecule has 0 aliphatic carbocycles. The molecule has 0 saturated carbocycles. The van der Waals surface area contributed by atoms with Crippen LogP contribution in [0.4, 0.5) is 11.4 Å². The molecule has 5 heteroatoms. The van der Waals surface area contributed by atoms with Gasteiger partial charge in [-0.2, -0.15) is 0 Å². The lowest BCUT2D eigenvalue weighted by atomic mass is 10.3. The molecule has 0 saturated heterocycles. The summed E-state index contributed by atoms with van der Waals surface area (Å²) in [5.41, 5.74) is 12.3. The molecular formula is C12H10Cl2N2O. The highest BCUT2D eigenvalue weighted by Crippen LogP contribution is 2.33. The quantitative estimate of drug-likeness (QED) is 0.811. The molecule has 2 aromatic rings. The Bertz CT molecular complexity index is 558. The van der Waals surface area contributed by atoms with Crippen LogP contribution in [0.25, 0.3) is 0 Å². The minimum Gasteiger partial charge on any atom is -0.456 e. The second kappa shape index (κ2) is 4.73. The number of hydrogen-bond acceptors (Lipinski definition) is 3. The van der Waals surface area contributed by atoms with Gasteiger partial charge >= 0.3 is 0 Å². The fraction of sp³-hybridized carbons (Fsp3) is 0. The van der Waals surface area contributed by atoms with Crippen LogP contribution in [0.15, 0.2) is 36.4 Å². The van der Waals surface area contributed by atoms with E-state index in [1.165, 1.54) is 0 Å². The summed E-state index contributed by atoms with van der Waals surface area (Å²) in [5, 5.41) is 0.881. The molecule has 0 atom stereocenters. The van der Waals surface area contributed by atoms with Crippen molar-refractivity contribution in [2.45, 2.75) is 0 Å². The third-order valence-electron chi connectivity index (χ3n) is 2.16. The van der Waals surface area contributed by atoms with Gasteiger partial charge in [-0.25, -0.2) is 0 Å². The predicted octanol–water partition coefficient (Wildman–Crippen LogP) is 3.95. The third-order valence-corrected chi connectivity index (χ3v) is 2.78. The van der Waals surface area contributed by atoms with E-state index in [1.54, 1.807) is 36.4 Å². The SMILES string of the molecule is Nc1ccc(Oc2ccc(N)c(Cl)c2)c(Cl)c1. The lowest BCUT2D eigenvalue weighted by Gasteiger charge is -2.09. The topological polar surface area (TPSA) is 61.3 Å². The van der Waals surface area contributed by atoms with Crippen LogP contribution in [-0.4, -0.2) is 0 Å². The van der Waals surface area contributed by atoms with E-state index in [0.29, 0.717) is 32.9 Å². The number of anilines is 2. The molecule has 0 amide bonds. The summed E-state index contributed by atoms with van der Waals surface area (Å²) < 4.78 is 5.57. The maximum atomic E-state index is 5.99. The van der Waals surface area contributed by atoms with Crippen molar-refractivity contribution < 1.29 is 4.74 Å². The van der Waals surface area contributed by atoms with Crippen molar-refractivity contribution >= 4 is 34.6 Å². The van der Waals surface area contributed by atoms with Crippen molar-refractivity contribution in [2.75, 3.05) is 11.5 Å². The normalized spacial score (nSPS) is 10.2. The van der Waals surface area contributed by atoms with Gasteiger partial charge in [-0.3, -0.25) is 0 Å². The van der Waals surface area contributed by atoms with E-state index >= 15 is 0 Å². The van der Waals surface area contributed by atoms with E-state index in [9.17, 15) is 0 Å². The number of benzene rings is 2. The van der Waals surface area contributed by atoms with Gasteiger partial charge in [0, 0.05) is 11.8 Å². The van der Waals surface area contributed by atoms with E-state index < -0.39 is 0 Å². The lowest BCUT2D eigenvalue weighted by molar-refractivity contribution is 0.483. The number of rotatable bonds is 2. The van der Waals surface area contributed by atoms with Crippen molar-refractivity contribution in [1.82, 2.24) is 0 Å². The van der Waals surface area contributed by atoms with Crippen molar-refractivity contribution in [2.24, 2.45) is 0 Å². The van der Waals surface area contributed by atoms with E-state index in [4.69, 9.17) is 39.4 Å². The number of hydrogen-bond donors (Lipinski definition) is 2. The number of ether oxygens (including phenoxy) is 1. The minimum atomic E-state index is 0.439. The molecule has 0 unspecified atom stereocenters. The van der Waals surface area contributed by atoms with Crippen LogP contribution < -0.4 is 16.2 Å². The molecule has 0 fully saturated rings. The van der Waals surface area contributed by atoms with Crippen molar-refractivity contribution in [3.8, 4) is 11.5 Å². The van der Waals surface area contributed by atoms with E-state index in [2.05, 4.69) is 0 Å². The first-order valence-corrected chi connectivity index (χ1v) is 5.60. The summed E-state index contributed by atoms with van der Waals surface area (Å²) >= 11 is 11.9. The molecule has 0 aliphatic rings. The Balaban J connectivity index is 2.28. The third kappa shape index (κ3) is 2.75. The van der Waals surface area contributed by atoms with E-state index in [1.807, 2.05) is 0 Å². The Morgan fingerprint density at radius 2 is 1.65 bits per heavy atom. The van der Waals surface area contributed by atoms with Gasteiger partial charge in [-0.05, 0) is 30.3 Å². The molecule has 0 bridgehead atoms. The molecule has 2 aromatic carbocycles. The van der Waals surface area contributed by atoms with Crippen molar-refractivity contribution in [3.63, 3.8) is 0 Å². The molecule has 4 N–H and O–H groups in total. The predicted molar refractivity (Wildman–Crippen MR) is 71.8 cm³/mol. The van der Waals surface area contributed by atoms with Crippen LogP contribution in [0, 0.1) is 0 Å². The fourth-order valence-electron chi connectivity index (χ4n) is 1.30. The average molecular weight is 269 g/mol. The van der Waals surface area contributed by atoms with Gasteiger partial charge in [0.15, 0.2) is 0 Å². The molecule has 2 rings (SSSR count). The summed E-state index contributed by atoms with van der Waals surface area (Å²) in [6.07, 6.45) is 0. The molecule has 88 valence electrons. The zero-order chi connectivity index (χ0) is 12.4. The van der Waals surface area contributed by atoms with Gasteiger partial charge in [0.25, 0.3) is 0 Å². The van der Waals surface area contributed by atoms with Crippen LogP contribution in [0.1, 0.15) is 0 Å². The maximum absolute atomic E-state index is 5.99. The Morgan fingerprint density at radius 1 is 0.882 bits per heavy atom. The first kappa shape index (κ1) is 11.9. The molecular weight excluding hydrogens is 259 g/mol. The van der Waals surface area contributed by atoms with Crippen LogP contribution in [0.2, 0.25) is 10.0 Å². The Kier molecular flexibility index (Phi) is 3.31. The van der Waals surface area contributed by atoms with Crippen LogP contribution >= 0.6 is 23.2 Å². The second-order valence-electron chi connectivity index (χ2n) is 3.48. The highest BCUT2D eigenvalue weighted by molar-refractivity contribution is 6.33. The summed E-state index contributed by atoms with van der Waals surface area (Å²) in [4.78, 5) is 0. The van der Waals surface area contributed by atoms with Gasteiger partial charge in [-0.1, -0.05) is 23.2 Å². The highest BCUT2D eigenvalue weighted by Gasteiger charge is 2.05. The van der Waals surface area contributed by atoms with Gasteiger partial charge < -0.3 is 16.2 Å².